The Hall–Kier alpha value is -4.63. The molecule has 1 amide bonds. The van der Waals surface area contributed by atoms with Gasteiger partial charge < -0.3 is 44.0 Å². The normalized spacial score (nSPS) is 33.3. The minimum atomic E-state index is -2.14. The minimum Gasteiger partial charge on any atom is -0.456 e. The van der Waals surface area contributed by atoms with E-state index in [1.54, 1.807) is 116 Å². The number of alkyl carbamates (subject to hydrolysis) is 1. The molecular formula is C45H57NO13. The number of aliphatic hydroxyl groups is 2. The van der Waals surface area contributed by atoms with Crippen molar-refractivity contribution in [3.8, 4) is 0 Å². The van der Waals surface area contributed by atoms with E-state index in [9.17, 15) is 29.4 Å². The zero-order valence-corrected chi connectivity index (χ0v) is 35.4. The van der Waals surface area contributed by atoms with Crippen molar-refractivity contribution >= 4 is 29.8 Å². The number of rotatable bonds is 9. The molecule has 0 spiro atoms. The van der Waals surface area contributed by atoms with E-state index >= 15 is 4.79 Å². The summed E-state index contributed by atoms with van der Waals surface area (Å²) < 4.78 is 36.3. The fourth-order valence-electron chi connectivity index (χ4n) is 10.4. The lowest BCUT2D eigenvalue weighted by molar-refractivity contribution is -0.346. The molecule has 3 N–H and O–H groups in total. The molecule has 1 heterocycles. The van der Waals surface area contributed by atoms with E-state index in [2.05, 4.69) is 5.32 Å². The zero-order valence-electron chi connectivity index (χ0n) is 35.4. The molecule has 2 bridgehead atoms. The van der Waals surface area contributed by atoms with Crippen molar-refractivity contribution in [1.29, 1.82) is 0 Å². The monoisotopic (exact) mass is 819 g/mol. The first kappa shape index (κ1) is 43.9. The molecule has 6 rings (SSSR count). The average molecular weight is 820 g/mol. The lowest BCUT2D eigenvalue weighted by Gasteiger charge is -2.68. The number of ketones is 1. The van der Waals surface area contributed by atoms with Crippen LogP contribution in [-0.2, 0) is 42.8 Å². The first-order chi connectivity index (χ1) is 27.5. The van der Waals surface area contributed by atoms with Crippen molar-refractivity contribution in [3.05, 3.63) is 82.9 Å². The maximum Gasteiger partial charge on any atom is 0.408 e. The number of amides is 1. The summed E-state index contributed by atoms with van der Waals surface area (Å²) in [6.45, 7) is 14.7. The number of carbonyl (C=O) groups excluding carboxylic acids is 5. The number of hydrogen-bond donors (Lipinski definition) is 3. The third-order valence-electron chi connectivity index (χ3n) is 13.1. The Bertz CT molecular complexity index is 1990. The topological polar surface area (TPSA) is 193 Å². The Morgan fingerprint density at radius 2 is 1.58 bits per heavy atom. The molecule has 14 nitrogen and oxygen atoms in total. The molecule has 1 aliphatic heterocycles. The lowest BCUT2D eigenvalue weighted by Crippen LogP contribution is -2.81. The van der Waals surface area contributed by atoms with Gasteiger partial charge in [-0.1, -0.05) is 69.3 Å². The number of methoxy groups -OCH3 is 1. The smallest absolute Gasteiger partial charge is 0.408 e. The largest absolute Gasteiger partial charge is 0.456 e. The van der Waals surface area contributed by atoms with Gasteiger partial charge in [-0.05, 0) is 63.5 Å². The van der Waals surface area contributed by atoms with E-state index in [1.807, 2.05) is 0 Å². The Balaban J connectivity index is 1.50. The van der Waals surface area contributed by atoms with Crippen LogP contribution < -0.4 is 5.32 Å². The fraction of sp³-hybridized carbons (Fsp3) is 0.578. The molecule has 4 aliphatic rings. The second-order valence-corrected chi connectivity index (χ2v) is 18.1. The third-order valence-corrected chi connectivity index (χ3v) is 13.1. The quantitative estimate of drug-likeness (QED) is 0.170. The first-order valence-electron chi connectivity index (χ1n) is 20.0. The van der Waals surface area contributed by atoms with E-state index < -0.39 is 100 Å². The van der Waals surface area contributed by atoms with Crippen LogP contribution in [0.15, 0.2) is 71.8 Å². The summed E-state index contributed by atoms with van der Waals surface area (Å²) in [5.74, 6) is -5.10. The average Bonchev–Trinajstić information content (AvgIpc) is 3.16. The van der Waals surface area contributed by atoms with E-state index in [0.29, 0.717) is 16.7 Å². The Labute approximate surface area is 344 Å². The van der Waals surface area contributed by atoms with Crippen LogP contribution >= 0.6 is 0 Å². The molecule has 14 heteroatoms. The molecule has 0 unspecified atom stereocenters. The Kier molecular flexibility index (Phi) is 11.7. The van der Waals surface area contributed by atoms with Crippen LogP contribution in [0.1, 0.15) is 97.1 Å². The number of aliphatic hydroxyl groups excluding tert-OH is 1. The molecule has 0 radical (unpaired) electrons. The van der Waals surface area contributed by atoms with Crippen LogP contribution in [0.25, 0.3) is 0 Å². The fourth-order valence-corrected chi connectivity index (χ4v) is 10.4. The summed E-state index contributed by atoms with van der Waals surface area (Å²) >= 11 is 0. The van der Waals surface area contributed by atoms with Gasteiger partial charge in [0, 0.05) is 38.2 Å². The van der Waals surface area contributed by atoms with Crippen LogP contribution in [0.5, 0.6) is 0 Å². The number of Topliss-reactive ketones (excluding diaryl/α,β-unsaturated/α-hetero) is 1. The summed E-state index contributed by atoms with van der Waals surface area (Å²) in [6, 6.07) is 15.2. The van der Waals surface area contributed by atoms with Crippen LogP contribution in [0.3, 0.4) is 0 Å². The number of ether oxygens (including phenoxy) is 6. The van der Waals surface area contributed by atoms with Crippen molar-refractivity contribution in [1.82, 2.24) is 5.32 Å². The molecule has 2 aromatic rings. The molecule has 3 fully saturated rings. The molecular weight excluding hydrogens is 762 g/mol. The van der Waals surface area contributed by atoms with E-state index in [-0.39, 0.29) is 30.8 Å². The number of esters is 3. The van der Waals surface area contributed by atoms with Gasteiger partial charge in [0.25, 0.3) is 0 Å². The minimum absolute atomic E-state index is 0.149. The lowest BCUT2D eigenvalue weighted by atomic mass is 9.43. The van der Waals surface area contributed by atoms with Gasteiger partial charge in [-0.25, -0.2) is 14.4 Å². The third kappa shape index (κ3) is 7.46. The zero-order chi connectivity index (χ0) is 43.5. The van der Waals surface area contributed by atoms with Crippen LogP contribution in [0, 0.1) is 22.7 Å². The molecule has 0 aromatic heterocycles. The molecule has 59 heavy (non-hydrogen) atoms. The summed E-state index contributed by atoms with van der Waals surface area (Å²) in [5, 5.41) is 27.9. The van der Waals surface area contributed by atoms with Crippen molar-refractivity contribution < 1.29 is 62.6 Å². The van der Waals surface area contributed by atoms with Crippen molar-refractivity contribution in [3.63, 3.8) is 0 Å². The van der Waals surface area contributed by atoms with Crippen molar-refractivity contribution in [2.45, 2.75) is 129 Å². The molecule has 11 atom stereocenters. The van der Waals surface area contributed by atoms with Crippen molar-refractivity contribution in [2.24, 2.45) is 22.7 Å². The number of carbonyl (C=O) groups is 5. The molecule has 3 aliphatic carbocycles. The summed E-state index contributed by atoms with van der Waals surface area (Å²) in [6.07, 6.45) is -7.53. The van der Waals surface area contributed by atoms with Gasteiger partial charge >= 0.3 is 24.0 Å². The summed E-state index contributed by atoms with van der Waals surface area (Å²) in [7, 11) is 1.47. The van der Waals surface area contributed by atoms with Gasteiger partial charge in [0.05, 0.1) is 35.6 Å². The van der Waals surface area contributed by atoms with Crippen LogP contribution in [0.2, 0.25) is 0 Å². The number of hydrogen-bond acceptors (Lipinski definition) is 13. The highest BCUT2D eigenvalue weighted by molar-refractivity contribution is 5.92. The molecule has 1 saturated heterocycles. The second-order valence-electron chi connectivity index (χ2n) is 18.1. The summed E-state index contributed by atoms with van der Waals surface area (Å²) in [4.78, 5) is 69.9. The predicted molar refractivity (Wildman–Crippen MR) is 212 cm³/mol. The van der Waals surface area contributed by atoms with E-state index in [0.717, 1.165) is 0 Å². The van der Waals surface area contributed by atoms with E-state index in [1.165, 1.54) is 14.0 Å². The Morgan fingerprint density at radius 1 is 0.966 bits per heavy atom. The SMILES string of the molecule is CO[C@H]1C[C@H]2OC[C@@]2(OC(C)=O)[C@H]2[C@H](OC(=O)c3ccccc3)[C@]3(O)C[C@H](OC(=O)[C@H](O)[C@@H](NC(=O)OC(C)(C)C)c4ccccc4)C(C)=C([C@@H](C)C(=O)[C@]12C)C3(C)C. The molecule has 2 aromatic carbocycles. The van der Waals surface area contributed by atoms with Crippen molar-refractivity contribution in [2.75, 3.05) is 13.7 Å². The maximum absolute atomic E-state index is 15.4. The first-order valence-corrected chi connectivity index (χ1v) is 20.0. The Morgan fingerprint density at radius 3 is 2.12 bits per heavy atom. The predicted octanol–water partition coefficient (Wildman–Crippen LogP) is 5.19. The van der Waals surface area contributed by atoms with Gasteiger partial charge in [-0.3, -0.25) is 9.59 Å². The van der Waals surface area contributed by atoms with Gasteiger partial charge in [0.2, 0.25) is 0 Å². The highest BCUT2D eigenvalue weighted by Crippen LogP contribution is 2.65. The highest BCUT2D eigenvalue weighted by Gasteiger charge is 2.78. The number of nitrogens with one attached hydrogen (secondary N) is 1. The van der Waals surface area contributed by atoms with Gasteiger partial charge in [0.15, 0.2) is 11.7 Å². The summed E-state index contributed by atoms with van der Waals surface area (Å²) in [5.41, 5.74) is -5.99. The standard InChI is InChI=1S/C45H57NO13/c1-24-29(56-39(51)34(48)33(27-17-13-11-14-18-27)46-40(52)59-41(4,5)6)22-45(53)37(57-38(50)28-19-15-12-16-20-28)35-43(9,36(49)25(2)32(24)42(45,7)8)30(54-10)21-31-44(35,23-55-31)58-26(3)47/h11-20,25,29-31,33-35,37,48,53H,21-23H2,1-10H3,(H,46,52)/t25-,29+,30+,31-,33+,34-,35+,37+,43-,44+,45-/m1/s1. The maximum atomic E-state index is 15.4. The van der Waals surface area contributed by atoms with E-state index in [4.69, 9.17) is 28.4 Å². The highest BCUT2D eigenvalue weighted by atomic mass is 16.6. The number of benzene rings is 2. The molecule has 2 saturated carbocycles. The van der Waals surface area contributed by atoms with Crippen LogP contribution in [-0.4, -0.2) is 101 Å². The van der Waals surface area contributed by atoms with Gasteiger partial charge in [0.1, 0.15) is 35.3 Å². The molecule has 320 valence electrons. The van der Waals surface area contributed by atoms with Crippen LogP contribution in [0.4, 0.5) is 4.79 Å². The van der Waals surface area contributed by atoms with Gasteiger partial charge in [-0.15, -0.1) is 0 Å². The number of fused-ring (bicyclic) bond motifs is 5. The van der Waals surface area contributed by atoms with Gasteiger partial charge in [-0.2, -0.15) is 0 Å². The second kappa shape index (κ2) is 15.8.